The molecule has 2 rings (SSSR count). The van der Waals surface area contributed by atoms with E-state index in [4.69, 9.17) is 15.7 Å². The number of nitrogens with two attached hydrogens (primary N) is 1. The summed E-state index contributed by atoms with van der Waals surface area (Å²) in [7, 11) is 1.62. The Kier molecular flexibility index (Phi) is 3.65. The Morgan fingerprint density at radius 1 is 1.53 bits per heavy atom. The second-order valence-corrected chi connectivity index (χ2v) is 4.07. The minimum Gasteiger partial charge on any atom is -0.496 e. The van der Waals surface area contributed by atoms with E-state index in [0.29, 0.717) is 6.54 Å². The Morgan fingerprint density at radius 2 is 2.32 bits per heavy atom. The first-order chi connectivity index (χ1) is 9.13. The lowest BCUT2D eigenvalue weighted by Gasteiger charge is -2.09. The average Bonchev–Trinajstić information content (AvgIpc) is 2.86. The molecule has 0 unspecified atom stereocenters. The predicted octanol–water partition coefficient (Wildman–Crippen LogP) is 0.738. The fraction of sp³-hybridized carbons (Fsp3) is 0.250. The number of rotatable bonds is 4. The second kappa shape index (κ2) is 5.38. The zero-order chi connectivity index (χ0) is 13.8. The lowest BCUT2D eigenvalue weighted by molar-refractivity contribution is 0.318. The predicted molar refractivity (Wildman–Crippen MR) is 69.4 cm³/mol. The lowest BCUT2D eigenvalue weighted by atomic mass is 10.1. The summed E-state index contributed by atoms with van der Waals surface area (Å²) in [6.45, 7) is 2.50. The second-order valence-electron chi connectivity index (χ2n) is 4.07. The smallest absolute Gasteiger partial charge is 0.219 e. The number of methoxy groups -OCH3 is 1. The number of hydrogen-bond acceptors (Lipinski definition) is 5. The van der Waals surface area contributed by atoms with Gasteiger partial charge in [0.15, 0.2) is 0 Å². The number of ether oxygens (including phenoxy) is 1. The quantitative estimate of drug-likeness (QED) is 0.366. The molecule has 0 atom stereocenters. The first-order valence-corrected chi connectivity index (χ1v) is 5.65. The van der Waals surface area contributed by atoms with Crippen LogP contribution in [0.3, 0.4) is 0 Å². The van der Waals surface area contributed by atoms with Crippen LogP contribution in [0.4, 0.5) is 0 Å². The molecule has 2 aromatic rings. The molecule has 0 aliphatic heterocycles. The number of oxime groups is 1. The SMILES string of the molecule is COc1ccc(C)cc1Cn1cnc(C(N)=NO)n1. The van der Waals surface area contributed by atoms with E-state index in [9.17, 15) is 0 Å². The minimum absolute atomic E-state index is 0.116. The van der Waals surface area contributed by atoms with Crippen LogP contribution in [0.25, 0.3) is 0 Å². The van der Waals surface area contributed by atoms with E-state index in [1.807, 2.05) is 25.1 Å². The maximum atomic E-state index is 8.56. The third-order valence-corrected chi connectivity index (χ3v) is 2.64. The highest BCUT2D eigenvalue weighted by molar-refractivity contribution is 5.93. The Labute approximate surface area is 110 Å². The Balaban J connectivity index is 2.26. The van der Waals surface area contributed by atoms with E-state index in [0.717, 1.165) is 16.9 Å². The number of benzene rings is 1. The highest BCUT2D eigenvalue weighted by Crippen LogP contribution is 2.20. The topological polar surface area (TPSA) is 98.6 Å². The first-order valence-electron chi connectivity index (χ1n) is 5.65. The van der Waals surface area contributed by atoms with Crippen LogP contribution in [0.5, 0.6) is 5.75 Å². The molecule has 100 valence electrons. The molecular weight excluding hydrogens is 246 g/mol. The fourth-order valence-electron chi connectivity index (χ4n) is 1.74. The van der Waals surface area contributed by atoms with Crippen molar-refractivity contribution in [2.45, 2.75) is 13.5 Å². The van der Waals surface area contributed by atoms with Crippen molar-refractivity contribution in [2.75, 3.05) is 7.11 Å². The maximum absolute atomic E-state index is 8.56. The van der Waals surface area contributed by atoms with Crippen molar-refractivity contribution in [3.8, 4) is 5.75 Å². The largest absolute Gasteiger partial charge is 0.496 e. The van der Waals surface area contributed by atoms with E-state index in [1.165, 1.54) is 6.33 Å². The minimum atomic E-state index is -0.116. The molecule has 1 aromatic heterocycles. The molecule has 7 heteroatoms. The number of nitrogens with zero attached hydrogens (tertiary/aromatic N) is 4. The van der Waals surface area contributed by atoms with E-state index < -0.39 is 0 Å². The molecule has 0 radical (unpaired) electrons. The van der Waals surface area contributed by atoms with Gasteiger partial charge in [-0.2, -0.15) is 0 Å². The van der Waals surface area contributed by atoms with Crippen LogP contribution in [-0.4, -0.2) is 32.9 Å². The Morgan fingerprint density at radius 3 is 3.00 bits per heavy atom. The zero-order valence-electron chi connectivity index (χ0n) is 10.7. The Hall–Kier alpha value is -2.57. The molecule has 19 heavy (non-hydrogen) atoms. The molecular formula is C12H15N5O2. The van der Waals surface area contributed by atoms with Crippen molar-refractivity contribution in [3.63, 3.8) is 0 Å². The van der Waals surface area contributed by atoms with Gasteiger partial charge in [0.25, 0.3) is 0 Å². The van der Waals surface area contributed by atoms with Gasteiger partial charge in [0.1, 0.15) is 12.1 Å². The number of aryl methyl sites for hydroxylation is 1. The molecule has 7 nitrogen and oxygen atoms in total. The van der Waals surface area contributed by atoms with Crippen LogP contribution >= 0.6 is 0 Å². The molecule has 0 amide bonds. The summed E-state index contributed by atoms with van der Waals surface area (Å²) in [5.74, 6) is 0.857. The van der Waals surface area contributed by atoms with Crippen LogP contribution in [0.2, 0.25) is 0 Å². The molecule has 1 heterocycles. The standard InChI is InChI=1S/C12H15N5O2/c1-8-3-4-10(19-2)9(5-8)6-17-7-14-12(15-17)11(13)16-18/h3-5,7,18H,6H2,1-2H3,(H2,13,16). The van der Waals surface area contributed by atoms with Crippen LogP contribution < -0.4 is 10.5 Å². The van der Waals surface area contributed by atoms with Gasteiger partial charge >= 0.3 is 0 Å². The molecule has 0 aliphatic carbocycles. The van der Waals surface area contributed by atoms with Gasteiger partial charge in [0.05, 0.1) is 13.7 Å². The van der Waals surface area contributed by atoms with Crippen LogP contribution in [-0.2, 0) is 6.54 Å². The maximum Gasteiger partial charge on any atom is 0.219 e. The molecule has 3 N–H and O–H groups in total. The third kappa shape index (κ3) is 2.82. The van der Waals surface area contributed by atoms with E-state index in [2.05, 4.69) is 15.2 Å². The van der Waals surface area contributed by atoms with Gasteiger partial charge in [-0.15, -0.1) is 5.10 Å². The number of aromatic nitrogens is 3. The average molecular weight is 261 g/mol. The normalized spacial score (nSPS) is 11.6. The van der Waals surface area contributed by atoms with Crippen molar-refractivity contribution in [3.05, 3.63) is 41.5 Å². The summed E-state index contributed by atoms with van der Waals surface area (Å²) in [4.78, 5) is 3.96. The van der Waals surface area contributed by atoms with Crippen molar-refractivity contribution in [1.82, 2.24) is 14.8 Å². The van der Waals surface area contributed by atoms with Gasteiger partial charge in [-0.25, -0.2) is 9.67 Å². The van der Waals surface area contributed by atoms with Gasteiger partial charge in [0.2, 0.25) is 11.7 Å². The Bertz CT molecular complexity index is 606. The summed E-state index contributed by atoms with van der Waals surface area (Å²) in [6.07, 6.45) is 1.52. The molecule has 1 aromatic carbocycles. The van der Waals surface area contributed by atoms with Crippen molar-refractivity contribution in [2.24, 2.45) is 10.9 Å². The van der Waals surface area contributed by atoms with Gasteiger partial charge in [0, 0.05) is 5.56 Å². The highest BCUT2D eigenvalue weighted by Gasteiger charge is 2.08. The van der Waals surface area contributed by atoms with Crippen molar-refractivity contribution >= 4 is 5.84 Å². The molecule has 0 bridgehead atoms. The summed E-state index contributed by atoms with van der Waals surface area (Å²) in [6, 6.07) is 5.90. The van der Waals surface area contributed by atoms with Gasteiger partial charge in [-0.1, -0.05) is 22.9 Å². The van der Waals surface area contributed by atoms with Crippen LogP contribution in [0, 0.1) is 6.92 Å². The number of amidine groups is 1. The van der Waals surface area contributed by atoms with Crippen molar-refractivity contribution in [1.29, 1.82) is 0 Å². The lowest BCUT2D eigenvalue weighted by Crippen LogP contribution is -2.15. The van der Waals surface area contributed by atoms with Crippen LogP contribution in [0.15, 0.2) is 29.7 Å². The number of hydrogen-bond donors (Lipinski definition) is 2. The third-order valence-electron chi connectivity index (χ3n) is 2.64. The summed E-state index contributed by atoms with van der Waals surface area (Å²) in [5, 5.41) is 15.5. The van der Waals surface area contributed by atoms with E-state index >= 15 is 0 Å². The monoisotopic (exact) mass is 261 g/mol. The zero-order valence-corrected chi connectivity index (χ0v) is 10.7. The fourth-order valence-corrected chi connectivity index (χ4v) is 1.74. The van der Waals surface area contributed by atoms with Gasteiger partial charge in [-0.3, -0.25) is 0 Å². The van der Waals surface area contributed by atoms with Crippen LogP contribution in [0.1, 0.15) is 17.0 Å². The highest BCUT2D eigenvalue weighted by atomic mass is 16.5. The molecule has 0 aliphatic rings. The molecule has 0 saturated heterocycles. The van der Waals surface area contributed by atoms with E-state index in [1.54, 1.807) is 11.8 Å². The van der Waals surface area contributed by atoms with Gasteiger partial charge in [-0.05, 0) is 13.0 Å². The van der Waals surface area contributed by atoms with Gasteiger partial charge < -0.3 is 15.7 Å². The van der Waals surface area contributed by atoms with E-state index in [-0.39, 0.29) is 11.7 Å². The summed E-state index contributed by atoms with van der Waals surface area (Å²) < 4.78 is 6.90. The van der Waals surface area contributed by atoms with Crippen molar-refractivity contribution < 1.29 is 9.94 Å². The summed E-state index contributed by atoms with van der Waals surface area (Å²) in [5.41, 5.74) is 7.53. The molecule has 0 spiro atoms. The molecule has 0 fully saturated rings. The summed E-state index contributed by atoms with van der Waals surface area (Å²) >= 11 is 0. The molecule has 0 saturated carbocycles. The first kappa shape index (κ1) is 12.9.